The van der Waals surface area contributed by atoms with Crippen LogP contribution in [0, 0.1) is 0 Å². The number of para-hydroxylation sites is 2. The van der Waals surface area contributed by atoms with Gasteiger partial charge in [0.25, 0.3) is 5.91 Å². The Morgan fingerprint density at radius 1 is 1.07 bits per heavy atom. The summed E-state index contributed by atoms with van der Waals surface area (Å²) in [5.41, 5.74) is 1.16. The first-order chi connectivity index (χ1) is 13.1. The van der Waals surface area contributed by atoms with Gasteiger partial charge in [0.1, 0.15) is 11.4 Å². The maximum Gasteiger partial charge on any atom is 0.344 e. The lowest BCUT2D eigenvalue weighted by Crippen LogP contribution is -2.30. The van der Waals surface area contributed by atoms with Gasteiger partial charge in [0.05, 0.1) is 12.3 Å². The number of carbonyl (C=O) groups excluding carboxylic acids is 3. The lowest BCUT2D eigenvalue weighted by atomic mass is 10.1. The van der Waals surface area contributed by atoms with Gasteiger partial charge < -0.3 is 14.8 Å². The first-order valence-corrected chi connectivity index (χ1v) is 8.39. The first-order valence-electron chi connectivity index (χ1n) is 8.39. The van der Waals surface area contributed by atoms with Crippen LogP contribution in [0.15, 0.2) is 60.3 Å². The zero-order valence-electron chi connectivity index (χ0n) is 14.7. The van der Waals surface area contributed by atoms with Crippen LogP contribution in [0.3, 0.4) is 0 Å². The second-order valence-corrected chi connectivity index (χ2v) is 5.60. The lowest BCUT2D eigenvalue weighted by Gasteiger charge is -2.11. The Kier molecular flexibility index (Phi) is 5.51. The topological polar surface area (TPSA) is 84.9 Å². The van der Waals surface area contributed by atoms with E-state index >= 15 is 0 Å². The molecule has 0 unspecified atom stereocenters. The minimum absolute atomic E-state index is 0.121. The Morgan fingerprint density at radius 3 is 2.52 bits per heavy atom. The number of imide groups is 1. The number of rotatable bonds is 6. The quantitative estimate of drug-likeness (QED) is 0.483. The highest BCUT2D eigenvalue weighted by molar-refractivity contribution is 6.28. The molecule has 1 N–H and O–H groups in total. The summed E-state index contributed by atoms with van der Waals surface area (Å²) < 4.78 is 10.3. The molecule has 2 aromatic carbocycles. The van der Waals surface area contributed by atoms with Crippen LogP contribution in [0.1, 0.15) is 12.5 Å². The second-order valence-electron chi connectivity index (χ2n) is 5.60. The molecule has 0 aliphatic carbocycles. The van der Waals surface area contributed by atoms with Crippen molar-refractivity contribution in [3.05, 3.63) is 65.9 Å². The van der Waals surface area contributed by atoms with Gasteiger partial charge in [-0.1, -0.05) is 36.4 Å². The fraction of sp³-hybridized carbons (Fsp3) is 0.150. The molecule has 1 heterocycles. The van der Waals surface area contributed by atoms with Crippen LogP contribution in [0.4, 0.5) is 10.5 Å². The van der Waals surface area contributed by atoms with Gasteiger partial charge in [-0.2, -0.15) is 0 Å². The van der Waals surface area contributed by atoms with Gasteiger partial charge in [0.2, 0.25) is 0 Å². The third-order valence-electron chi connectivity index (χ3n) is 3.76. The first kappa shape index (κ1) is 18.2. The van der Waals surface area contributed by atoms with Crippen molar-refractivity contribution >= 4 is 29.7 Å². The molecule has 0 spiro atoms. The number of urea groups is 1. The zero-order valence-corrected chi connectivity index (χ0v) is 14.7. The normalized spacial score (nSPS) is 15.0. The van der Waals surface area contributed by atoms with Gasteiger partial charge in [-0.15, -0.1) is 0 Å². The van der Waals surface area contributed by atoms with Crippen LogP contribution < -0.4 is 15.0 Å². The summed E-state index contributed by atoms with van der Waals surface area (Å²) in [5.74, 6) is -0.551. The number of anilines is 1. The van der Waals surface area contributed by atoms with E-state index in [-0.39, 0.29) is 18.9 Å². The Bertz CT molecular complexity index is 892. The Labute approximate surface area is 156 Å². The zero-order chi connectivity index (χ0) is 19.2. The summed E-state index contributed by atoms with van der Waals surface area (Å²) in [7, 11) is 0. The minimum Gasteiger partial charge on any atom is -0.481 e. The highest BCUT2D eigenvalue weighted by Gasteiger charge is 2.34. The summed E-state index contributed by atoms with van der Waals surface area (Å²) in [4.78, 5) is 37.4. The van der Waals surface area contributed by atoms with Gasteiger partial charge in [0, 0.05) is 5.56 Å². The van der Waals surface area contributed by atoms with E-state index in [2.05, 4.69) is 5.32 Å². The van der Waals surface area contributed by atoms with Gasteiger partial charge in [-0.3, -0.25) is 4.79 Å². The van der Waals surface area contributed by atoms with Crippen molar-refractivity contribution in [1.82, 2.24) is 5.32 Å². The number of amides is 3. The summed E-state index contributed by atoms with van der Waals surface area (Å²) in [6.07, 6.45) is 1.52. The summed E-state index contributed by atoms with van der Waals surface area (Å²) in [6, 6.07) is 15.0. The largest absolute Gasteiger partial charge is 0.481 e. The van der Waals surface area contributed by atoms with Crippen molar-refractivity contribution in [2.24, 2.45) is 0 Å². The van der Waals surface area contributed by atoms with E-state index in [0.29, 0.717) is 17.0 Å². The Balaban J connectivity index is 1.82. The second kappa shape index (κ2) is 8.18. The molecule has 3 amide bonds. The fourth-order valence-corrected chi connectivity index (χ4v) is 2.57. The molecule has 0 bridgehead atoms. The van der Waals surface area contributed by atoms with Gasteiger partial charge >= 0.3 is 12.0 Å². The molecule has 1 aliphatic rings. The molecule has 138 valence electrons. The van der Waals surface area contributed by atoms with E-state index in [1.807, 2.05) is 0 Å². The molecule has 27 heavy (non-hydrogen) atoms. The van der Waals surface area contributed by atoms with Gasteiger partial charge in [0.15, 0.2) is 6.61 Å². The van der Waals surface area contributed by atoms with Crippen molar-refractivity contribution in [3.63, 3.8) is 0 Å². The van der Waals surface area contributed by atoms with Crippen LogP contribution in [-0.4, -0.2) is 31.1 Å². The van der Waals surface area contributed by atoms with Crippen molar-refractivity contribution in [2.75, 3.05) is 18.1 Å². The molecule has 0 radical (unpaired) electrons. The van der Waals surface area contributed by atoms with E-state index in [0.717, 1.165) is 4.90 Å². The predicted octanol–water partition coefficient (Wildman–Crippen LogP) is 2.73. The number of benzene rings is 2. The highest BCUT2D eigenvalue weighted by Crippen LogP contribution is 2.25. The number of ether oxygens (including phenoxy) is 2. The van der Waals surface area contributed by atoms with Crippen molar-refractivity contribution in [2.45, 2.75) is 6.92 Å². The molecule has 7 nitrogen and oxygen atoms in total. The number of carbonyl (C=O) groups is 3. The van der Waals surface area contributed by atoms with E-state index in [1.54, 1.807) is 61.5 Å². The molecule has 7 heteroatoms. The molecule has 0 saturated carbocycles. The average molecular weight is 366 g/mol. The van der Waals surface area contributed by atoms with E-state index < -0.39 is 17.9 Å². The Morgan fingerprint density at radius 2 is 1.78 bits per heavy atom. The fourth-order valence-electron chi connectivity index (χ4n) is 2.57. The van der Waals surface area contributed by atoms with Crippen molar-refractivity contribution in [3.8, 4) is 5.75 Å². The molecule has 0 aromatic heterocycles. The van der Waals surface area contributed by atoms with E-state index in [9.17, 15) is 14.4 Å². The number of nitrogens with one attached hydrogen (secondary N) is 1. The van der Waals surface area contributed by atoms with Crippen LogP contribution in [0.5, 0.6) is 5.75 Å². The monoisotopic (exact) mass is 366 g/mol. The molecular formula is C20H18N2O5. The number of hydrogen-bond donors (Lipinski definition) is 1. The van der Waals surface area contributed by atoms with Crippen molar-refractivity contribution in [1.29, 1.82) is 0 Å². The van der Waals surface area contributed by atoms with Crippen LogP contribution in [0.2, 0.25) is 0 Å². The van der Waals surface area contributed by atoms with Crippen LogP contribution >= 0.6 is 0 Å². The minimum atomic E-state index is -0.526. The maximum absolute atomic E-state index is 12.6. The summed E-state index contributed by atoms with van der Waals surface area (Å²) >= 11 is 0. The van der Waals surface area contributed by atoms with Crippen LogP contribution in [0.25, 0.3) is 6.08 Å². The SMILES string of the molecule is CCOC(=O)COc1ccccc1/C=C1\NC(=O)N(c2ccccc2)C1=O. The standard InChI is InChI=1S/C20H18N2O5/c1-2-26-18(23)13-27-17-11-7-6-8-14(17)12-16-19(24)22(20(25)21-16)15-9-4-3-5-10-15/h3-12H,2,13H2,1H3,(H,21,25)/b16-12-. The molecule has 2 aromatic rings. The van der Waals surface area contributed by atoms with Gasteiger partial charge in [-0.05, 0) is 31.2 Å². The third kappa shape index (κ3) is 4.14. The molecule has 1 aliphatic heterocycles. The lowest BCUT2D eigenvalue weighted by molar-refractivity contribution is -0.145. The molecule has 0 atom stereocenters. The van der Waals surface area contributed by atoms with Crippen molar-refractivity contribution < 1.29 is 23.9 Å². The Hall–Kier alpha value is -3.61. The van der Waals surface area contributed by atoms with Gasteiger partial charge in [-0.25, -0.2) is 14.5 Å². The average Bonchev–Trinajstić information content (AvgIpc) is 2.95. The maximum atomic E-state index is 12.6. The number of nitrogens with zero attached hydrogens (tertiary/aromatic N) is 1. The molecule has 1 fully saturated rings. The summed E-state index contributed by atoms with van der Waals surface area (Å²) in [5, 5.41) is 2.56. The molecular weight excluding hydrogens is 348 g/mol. The van der Waals surface area contributed by atoms with Crippen LogP contribution in [-0.2, 0) is 14.3 Å². The summed E-state index contributed by atoms with van der Waals surface area (Å²) in [6.45, 7) is 1.73. The molecule has 3 rings (SSSR count). The smallest absolute Gasteiger partial charge is 0.344 e. The molecule has 1 saturated heterocycles. The van der Waals surface area contributed by atoms with E-state index in [1.165, 1.54) is 6.08 Å². The predicted molar refractivity (Wildman–Crippen MR) is 99.0 cm³/mol. The third-order valence-corrected chi connectivity index (χ3v) is 3.76. The number of esters is 1. The van der Waals surface area contributed by atoms with E-state index in [4.69, 9.17) is 9.47 Å². The number of hydrogen-bond acceptors (Lipinski definition) is 5. The highest BCUT2D eigenvalue weighted by atomic mass is 16.6.